The monoisotopic (exact) mass is 108 g/mol. The predicted octanol–water partition coefficient (Wildman–Crippen LogP) is -3.13. The summed E-state index contributed by atoms with van der Waals surface area (Å²) in [5.41, 5.74) is 0. The Kier molecular flexibility index (Phi) is 6.28. The van der Waals surface area contributed by atoms with Gasteiger partial charge in [0.2, 0.25) is 0 Å². The van der Waals surface area contributed by atoms with Gasteiger partial charge in [-0.2, -0.15) is 0 Å². The second-order valence-corrected chi connectivity index (χ2v) is 1.09. The zero-order valence-corrected chi connectivity index (χ0v) is 4.84. The van der Waals surface area contributed by atoms with Crippen molar-refractivity contribution in [2.75, 3.05) is 0 Å². The maximum atomic E-state index is 9.82. The molecule has 0 unspecified atom stereocenters. The molecule has 0 aliphatic rings. The molecule has 4 heteroatoms. The van der Waals surface area contributed by atoms with Gasteiger partial charge in [-0.05, 0) is 6.92 Å². The number of aliphatic carboxylic acids is 1. The fraction of sp³-hybridized carbons (Fsp3) is 0.250. The van der Waals surface area contributed by atoms with Crippen molar-refractivity contribution in [2.24, 2.45) is 0 Å². The quantitative estimate of drug-likeness (QED) is 0.231. The molecular weight excluding hydrogens is 103 g/mol. The van der Waals surface area contributed by atoms with E-state index < -0.39 is 11.8 Å². The minimum Gasteiger partial charge on any atom is -0.503 e. The number of carboxylic acid groups (broad SMARTS) is 1. The molecule has 0 aliphatic carbocycles. The fourth-order valence-corrected chi connectivity index (χ4v) is 0.174. The number of carbonyl (C=O) groups is 2. The molecule has 0 fully saturated rings. The van der Waals surface area contributed by atoms with Crippen molar-refractivity contribution >= 4 is 11.8 Å². The van der Waals surface area contributed by atoms with E-state index in [9.17, 15) is 9.59 Å². The van der Waals surface area contributed by atoms with E-state index in [0.717, 1.165) is 0 Å². The van der Waals surface area contributed by atoms with Crippen molar-refractivity contribution < 1.29 is 33.6 Å². The number of hydrogen-bond donors (Lipinski definition) is 1. The van der Waals surface area contributed by atoms with Crippen LogP contribution in [0.4, 0.5) is 0 Å². The molecular formula is C4H5LiO3. The third-order valence-electron chi connectivity index (χ3n) is 0.327. The normalized spacial score (nSPS) is 6.62. The molecule has 1 N–H and O–H groups in total. The summed E-state index contributed by atoms with van der Waals surface area (Å²) in [5.74, 6) is -1.62. The molecule has 40 valence electrons. The van der Waals surface area contributed by atoms with Gasteiger partial charge in [0, 0.05) is 5.78 Å². The first-order valence-corrected chi connectivity index (χ1v) is 1.71. The van der Waals surface area contributed by atoms with Crippen LogP contribution in [0.3, 0.4) is 0 Å². The number of carboxylic acids is 1. The zero-order valence-electron chi connectivity index (χ0n) is 4.84. The summed E-state index contributed by atoms with van der Waals surface area (Å²) in [6.07, 6.45) is 0.611. The SMILES string of the molecule is CC(=O)[CH-]C(=O)O.[Li+]. The maximum Gasteiger partial charge on any atom is 1.00 e. The third kappa shape index (κ3) is 9.15. The molecule has 0 aromatic rings. The van der Waals surface area contributed by atoms with E-state index in [2.05, 4.69) is 0 Å². The van der Waals surface area contributed by atoms with Crippen LogP contribution in [0.5, 0.6) is 0 Å². The summed E-state index contributed by atoms with van der Waals surface area (Å²) < 4.78 is 0. The van der Waals surface area contributed by atoms with Gasteiger partial charge in [0.15, 0.2) is 5.97 Å². The van der Waals surface area contributed by atoms with Gasteiger partial charge in [-0.1, -0.05) is 0 Å². The number of hydrogen-bond acceptors (Lipinski definition) is 2. The molecule has 3 nitrogen and oxygen atoms in total. The number of Topliss-reactive ketones (excluding diaryl/α,β-unsaturated/α-hetero) is 1. The smallest absolute Gasteiger partial charge is 0.503 e. The summed E-state index contributed by atoms with van der Waals surface area (Å²) in [5, 5.41) is 7.81. The van der Waals surface area contributed by atoms with Gasteiger partial charge in [-0.3, -0.25) is 4.79 Å². The van der Waals surface area contributed by atoms with Crippen molar-refractivity contribution in [3.05, 3.63) is 6.42 Å². The molecule has 0 rings (SSSR count). The summed E-state index contributed by atoms with van der Waals surface area (Å²) in [4.78, 5) is 19.4. The van der Waals surface area contributed by atoms with Gasteiger partial charge in [0.05, 0.1) is 0 Å². The van der Waals surface area contributed by atoms with Crippen molar-refractivity contribution in [2.45, 2.75) is 6.92 Å². The molecule has 0 heterocycles. The summed E-state index contributed by atoms with van der Waals surface area (Å²) in [6, 6.07) is 0. The molecule has 0 saturated heterocycles. The Morgan fingerprint density at radius 2 is 1.88 bits per heavy atom. The second kappa shape index (κ2) is 4.76. The maximum absolute atomic E-state index is 9.82. The van der Waals surface area contributed by atoms with Crippen LogP contribution in [0.15, 0.2) is 0 Å². The number of ketones is 1. The Morgan fingerprint density at radius 1 is 1.50 bits per heavy atom. The van der Waals surface area contributed by atoms with E-state index in [4.69, 9.17) is 5.11 Å². The van der Waals surface area contributed by atoms with E-state index in [-0.39, 0.29) is 18.9 Å². The topological polar surface area (TPSA) is 54.4 Å². The molecule has 8 heavy (non-hydrogen) atoms. The Hall–Kier alpha value is -0.393. The van der Waals surface area contributed by atoms with Gasteiger partial charge in [-0.15, -0.1) is 0 Å². The van der Waals surface area contributed by atoms with Crippen LogP contribution in [0, 0.1) is 6.42 Å². The van der Waals surface area contributed by atoms with Crippen LogP contribution in [0.2, 0.25) is 0 Å². The molecule has 0 radical (unpaired) electrons. The predicted molar refractivity (Wildman–Crippen MR) is 22.6 cm³/mol. The largest absolute Gasteiger partial charge is 1.00 e. The summed E-state index contributed by atoms with van der Waals surface area (Å²) >= 11 is 0. The van der Waals surface area contributed by atoms with Crippen LogP contribution in [0.1, 0.15) is 6.92 Å². The second-order valence-electron chi connectivity index (χ2n) is 1.09. The Bertz CT molecular complexity index is 87.5. The van der Waals surface area contributed by atoms with Crippen LogP contribution in [-0.2, 0) is 9.59 Å². The van der Waals surface area contributed by atoms with Crippen LogP contribution >= 0.6 is 0 Å². The van der Waals surface area contributed by atoms with Gasteiger partial charge in [0.25, 0.3) is 0 Å². The van der Waals surface area contributed by atoms with Crippen molar-refractivity contribution in [3.63, 3.8) is 0 Å². The first-order chi connectivity index (χ1) is 3.13. The first-order valence-electron chi connectivity index (χ1n) is 1.71. The third-order valence-corrected chi connectivity index (χ3v) is 0.327. The summed E-state index contributed by atoms with van der Waals surface area (Å²) in [7, 11) is 0. The van der Waals surface area contributed by atoms with E-state index in [1.807, 2.05) is 0 Å². The van der Waals surface area contributed by atoms with Crippen LogP contribution in [-0.4, -0.2) is 16.9 Å². The first kappa shape index (κ1) is 10.6. The Balaban J connectivity index is 0. The number of carbonyl (C=O) groups excluding carboxylic acids is 1. The Labute approximate surface area is 59.2 Å². The minimum absolute atomic E-state index is 0. The van der Waals surface area contributed by atoms with E-state index in [0.29, 0.717) is 6.42 Å². The van der Waals surface area contributed by atoms with Crippen molar-refractivity contribution in [1.82, 2.24) is 0 Å². The average Bonchev–Trinajstić information content (AvgIpc) is 1.27. The fourth-order valence-electron chi connectivity index (χ4n) is 0.174. The molecule has 0 bridgehead atoms. The van der Waals surface area contributed by atoms with Gasteiger partial charge < -0.3 is 9.90 Å². The standard InChI is InChI=1S/C4H5O3.Li/c1-3(5)2-4(6)7;/h2H,1H3,(H,6,7);/q-1;+1. The molecule has 0 aromatic carbocycles. The van der Waals surface area contributed by atoms with E-state index >= 15 is 0 Å². The summed E-state index contributed by atoms with van der Waals surface area (Å²) in [6.45, 7) is 1.19. The van der Waals surface area contributed by atoms with Gasteiger partial charge in [0.1, 0.15) is 0 Å². The number of rotatable bonds is 2. The molecule has 0 atom stereocenters. The minimum atomic E-state index is -1.19. The molecule has 0 spiro atoms. The van der Waals surface area contributed by atoms with Crippen molar-refractivity contribution in [1.29, 1.82) is 0 Å². The molecule has 0 aliphatic heterocycles. The van der Waals surface area contributed by atoms with Gasteiger partial charge in [-0.25, -0.2) is 6.42 Å². The van der Waals surface area contributed by atoms with E-state index in [1.165, 1.54) is 6.92 Å². The molecule has 0 amide bonds. The van der Waals surface area contributed by atoms with E-state index in [1.54, 1.807) is 0 Å². The molecule has 0 saturated carbocycles. The van der Waals surface area contributed by atoms with Crippen LogP contribution < -0.4 is 18.9 Å². The van der Waals surface area contributed by atoms with Crippen LogP contribution in [0.25, 0.3) is 0 Å². The van der Waals surface area contributed by atoms with Crippen molar-refractivity contribution in [3.8, 4) is 0 Å². The molecule has 0 aromatic heterocycles. The Morgan fingerprint density at radius 3 is 1.88 bits per heavy atom. The van der Waals surface area contributed by atoms with Gasteiger partial charge >= 0.3 is 18.9 Å². The average molecular weight is 108 g/mol. The zero-order chi connectivity index (χ0) is 5.86.